The maximum atomic E-state index is 10.6. The monoisotopic (exact) mass is 188 g/mol. The van der Waals surface area contributed by atoms with Gasteiger partial charge >= 0.3 is 0 Å². The van der Waals surface area contributed by atoms with Crippen molar-refractivity contribution in [3.63, 3.8) is 0 Å². The van der Waals surface area contributed by atoms with E-state index in [1.54, 1.807) is 24.7 Å². The van der Waals surface area contributed by atoms with Crippen LogP contribution in [0.15, 0.2) is 24.7 Å². The molecular formula is C9H8N4O. The second-order valence-corrected chi connectivity index (χ2v) is 2.81. The molecule has 0 bridgehead atoms. The Morgan fingerprint density at radius 3 is 2.64 bits per heavy atom. The highest BCUT2D eigenvalue weighted by molar-refractivity contribution is 5.73. The molecule has 5 nitrogen and oxygen atoms in total. The molecule has 0 unspecified atom stereocenters. The first-order valence-corrected chi connectivity index (χ1v) is 4.10. The zero-order valence-electron chi connectivity index (χ0n) is 7.58. The summed E-state index contributed by atoms with van der Waals surface area (Å²) in [5.41, 5.74) is 1.23. The van der Waals surface area contributed by atoms with Gasteiger partial charge in [-0.25, -0.2) is 14.6 Å². The van der Waals surface area contributed by atoms with E-state index < -0.39 is 0 Å². The summed E-state index contributed by atoms with van der Waals surface area (Å²) in [6, 6.07) is 1.72. The van der Waals surface area contributed by atoms with Gasteiger partial charge in [-0.1, -0.05) is 0 Å². The number of nitrogens with zero attached hydrogens (tertiary/aromatic N) is 4. The van der Waals surface area contributed by atoms with E-state index in [1.165, 1.54) is 4.68 Å². The lowest BCUT2D eigenvalue weighted by Crippen LogP contribution is -2.00. The molecule has 0 radical (unpaired) electrons. The van der Waals surface area contributed by atoms with Gasteiger partial charge in [0.25, 0.3) is 0 Å². The van der Waals surface area contributed by atoms with Crippen molar-refractivity contribution in [3.05, 3.63) is 35.9 Å². The number of aryl methyl sites for hydroxylation is 1. The molecule has 0 aromatic carbocycles. The van der Waals surface area contributed by atoms with Gasteiger partial charge in [0.05, 0.1) is 0 Å². The molecule has 0 fully saturated rings. The summed E-state index contributed by atoms with van der Waals surface area (Å²) in [5, 5.41) is 4.02. The van der Waals surface area contributed by atoms with E-state index in [0.717, 1.165) is 11.8 Å². The topological polar surface area (TPSA) is 60.7 Å². The SMILES string of the molecule is Cc1cn(-c2ncccn2)nc1C=O. The lowest BCUT2D eigenvalue weighted by Gasteiger charge is -1.95. The smallest absolute Gasteiger partial charge is 0.250 e. The molecule has 0 atom stereocenters. The summed E-state index contributed by atoms with van der Waals surface area (Å²) in [6.07, 6.45) is 5.69. The third-order valence-corrected chi connectivity index (χ3v) is 1.80. The van der Waals surface area contributed by atoms with Crippen LogP contribution in [0.1, 0.15) is 16.1 Å². The minimum Gasteiger partial charge on any atom is -0.296 e. The van der Waals surface area contributed by atoms with Crippen LogP contribution in [0.5, 0.6) is 0 Å². The molecule has 0 aliphatic carbocycles. The Kier molecular flexibility index (Phi) is 2.06. The lowest BCUT2D eigenvalue weighted by atomic mass is 10.3. The van der Waals surface area contributed by atoms with Crippen molar-refractivity contribution in [3.8, 4) is 5.95 Å². The van der Waals surface area contributed by atoms with Crippen molar-refractivity contribution in [1.82, 2.24) is 19.7 Å². The molecule has 2 aromatic rings. The highest BCUT2D eigenvalue weighted by Gasteiger charge is 2.05. The Labute approximate surface area is 80.4 Å². The van der Waals surface area contributed by atoms with Crippen LogP contribution in [0.3, 0.4) is 0 Å². The fourth-order valence-electron chi connectivity index (χ4n) is 1.10. The highest BCUT2D eigenvalue weighted by atomic mass is 16.1. The summed E-state index contributed by atoms with van der Waals surface area (Å²) in [4.78, 5) is 18.6. The maximum Gasteiger partial charge on any atom is 0.250 e. The average molecular weight is 188 g/mol. The first-order valence-electron chi connectivity index (χ1n) is 4.10. The average Bonchev–Trinajstić information content (AvgIpc) is 2.61. The molecule has 0 aliphatic rings. The zero-order valence-corrected chi connectivity index (χ0v) is 7.58. The Bertz CT molecular complexity index is 449. The summed E-state index contributed by atoms with van der Waals surface area (Å²) in [7, 11) is 0. The van der Waals surface area contributed by atoms with Crippen molar-refractivity contribution in [2.24, 2.45) is 0 Å². The van der Waals surface area contributed by atoms with Gasteiger partial charge < -0.3 is 0 Å². The molecule has 0 saturated heterocycles. The van der Waals surface area contributed by atoms with Crippen LogP contribution >= 0.6 is 0 Å². The maximum absolute atomic E-state index is 10.6. The minimum absolute atomic E-state index is 0.414. The summed E-state index contributed by atoms with van der Waals surface area (Å²) in [5.74, 6) is 0.462. The molecule has 0 amide bonds. The fourth-order valence-corrected chi connectivity index (χ4v) is 1.10. The first-order chi connectivity index (χ1) is 6.81. The Hall–Kier alpha value is -2.04. The third kappa shape index (κ3) is 1.39. The van der Waals surface area contributed by atoms with Crippen LogP contribution < -0.4 is 0 Å². The van der Waals surface area contributed by atoms with Gasteiger partial charge in [-0.2, -0.15) is 5.10 Å². The van der Waals surface area contributed by atoms with E-state index in [9.17, 15) is 4.79 Å². The van der Waals surface area contributed by atoms with Gasteiger partial charge in [-0.3, -0.25) is 4.79 Å². The molecule has 0 N–H and O–H groups in total. The minimum atomic E-state index is 0.414. The van der Waals surface area contributed by atoms with Gasteiger partial charge in [0.1, 0.15) is 5.69 Å². The Morgan fingerprint density at radius 1 is 1.36 bits per heavy atom. The number of rotatable bonds is 2. The van der Waals surface area contributed by atoms with Crippen molar-refractivity contribution in [2.45, 2.75) is 6.92 Å². The largest absolute Gasteiger partial charge is 0.296 e. The second-order valence-electron chi connectivity index (χ2n) is 2.81. The predicted octanol–water partition coefficient (Wildman–Crippen LogP) is 0.783. The molecular weight excluding hydrogens is 180 g/mol. The van der Waals surface area contributed by atoms with E-state index in [2.05, 4.69) is 15.1 Å². The van der Waals surface area contributed by atoms with Crippen molar-refractivity contribution in [1.29, 1.82) is 0 Å². The van der Waals surface area contributed by atoms with Crippen LogP contribution in [0.25, 0.3) is 5.95 Å². The van der Waals surface area contributed by atoms with Crippen LogP contribution in [-0.2, 0) is 0 Å². The number of carbonyl (C=O) groups is 1. The zero-order chi connectivity index (χ0) is 9.97. The predicted molar refractivity (Wildman–Crippen MR) is 49.3 cm³/mol. The number of aromatic nitrogens is 4. The lowest BCUT2D eigenvalue weighted by molar-refractivity contribution is 0.111. The number of hydrogen-bond acceptors (Lipinski definition) is 4. The van der Waals surface area contributed by atoms with Crippen molar-refractivity contribution < 1.29 is 4.79 Å². The number of carbonyl (C=O) groups excluding carboxylic acids is 1. The molecule has 70 valence electrons. The second kappa shape index (κ2) is 3.37. The quantitative estimate of drug-likeness (QED) is 0.653. The Morgan fingerprint density at radius 2 is 2.07 bits per heavy atom. The van der Waals surface area contributed by atoms with Crippen LogP contribution in [0.2, 0.25) is 0 Å². The Balaban J connectivity index is 2.48. The van der Waals surface area contributed by atoms with E-state index in [0.29, 0.717) is 11.6 Å². The van der Waals surface area contributed by atoms with Crippen molar-refractivity contribution in [2.75, 3.05) is 0 Å². The van der Waals surface area contributed by atoms with E-state index in [4.69, 9.17) is 0 Å². The summed E-state index contributed by atoms with van der Waals surface area (Å²) >= 11 is 0. The number of hydrogen-bond donors (Lipinski definition) is 0. The third-order valence-electron chi connectivity index (χ3n) is 1.80. The van der Waals surface area contributed by atoms with Crippen molar-refractivity contribution >= 4 is 6.29 Å². The molecule has 0 saturated carbocycles. The molecule has 2 rings (SSSR count). The molecule has 2 heterocycles. The van der Waals surface area contributed by atoms with E-state index in [-0.39, 0.29) is 0 Å². The standard InChI is InChI=1S/C9H8N4O/c1-7-5-13(12-8(7)6-14)9-10-3-2-4-11-9/h2-6H,1H3. The van der Waals surface area contributed by atoms with Crippen LogP contribution in [0, 0.1) is 6.92 Å². The van der Waals surface area contributed by atoms with Gasteiger partial charge in [-0.15, -0.1) is 0 Å². The van der Waals surface area contributed by atoms with Gasteiger partial charge in [0.2, 0.25) is 5.95 Å². The molecule has 5 heteroatoms. The van der Waals surface area contributed by atoms with Gasteiger partial charge in [0, 0.05) is 18.6 Å². The fraction of sp³-hybridized carbons (Fsp3) is 0.111. The van der Waals surface area contributed by atoms with Crippen LogP contribution in [-0.4, -0.2) is 26.0 Å². The molecule has 0 spiro atoms. The van der Waals surface area contributed by atoms with E-state index in [1.807, 2.05) is 6.92 Å². The first kappa shape index (κ1) is 8.55. The molecule has 2 aromatic heterocycles. The number of aldehydes is 1. The van der Waals surface area contributed by atoms with E-state index >= 15 is 0 Å². The summed E-state index contributed by atoms with van der Waals surface area (Å²) < 4.78 is 1.49. The molecule has 14 heavy (non-hydrogen) atoms. The van der Waals surface area contributed by atoms with Crippen LogP contribution in [0.4, 0.5) is 0 Å². The summed E-state index contributed by atoms with van der Waals surface area (Å²) in [6.45, 7) is 1.82. The molecule has 0 aliphatic heterocycles. The normalized spacial score (nSPS) is 10.1. The van der Waals surface area contributed by atoms with Gasteiger partial charge in [-0.05, 0) is 18.6 Å². The highest BCUT2D eigenvalue weighted by Crippen LogP contribution is 2.05. The van der Waals surface area contributed by atoms with Gasteiger partial charge in [0.15, 0.2) is 6.29 Å².